The van der Waals surface area contributed by atoms with Crippen LogP contribution in [-0.2, 0) is 0 Å². The van der Waals surface area contributed by atoms with Crippen LogP contribution in [0, 0.1) is 6.92 Å². The third kappa shape index (κ3) is 10.6. The van der Waals surface area contributed by atoms with E-state index in [1.54, 1.807) is 0 Å². The first-order valence-electron chi connectivity index (χ1n) is 11.1. The summed E-state index contributed by atoms with van der Waals surface area (Å²) in [7, 11) is 0. The number of carbonyl (C=O) groups is 1. The Hall–Kier alpha value is -2.15. The van der Waals surface area contributed by atoms with Gasteiger partial charge in [0.2, 0.25) is 0 Å². The molecule has 37 heavy (non-hydrogen) atoms. The van der Waals surface area contributed by atoms with Gasteiger partial charge in [0.25, 0.3) is 5.91 Å². The molecule has 0 fully saturated rings. The minimum absolute atomic E-state index is 0. The number of nitrogens with zero attached hydrogens (tertiary/aromatic N) is 1. The van der Waals surface area contributed by atoms with Gasteiger partial charge >= 0.3 is 29.6 Å². The number of amides is 1. The van der Waals surface area contributed by atoms with Crippen LogP contribution < -0.4 is 5.84 Å². The third-order valence-electron chi connectivity index (χ3n) is 5.34. The van der Waals surface area contributed by atoms with Crippen molar-refractivity contribution >= 4 is 60.3 Å². The van der Waals surface area contributed by atoms with Crippen molar-refractivity contribution in [2.75, 3.05) is 0 Å². The number of aryl methyl sites for hydroxylation is 1. The summed E-state index contributed by atoms with van der Waals surface area (Å²) in [5.41, 5.74) is 5.69. The van der Waals surface area contributed by atoms with E-state index in [1.165, 1.54) is 16.1 Å². The van der Waals surface area contributed by atoms with Crippen LogP contribution >= 0.6 is 24.8 Å². The molecule has 7 heteroatoms. The summed E-state index contributed by atoms with van der Waals surface area (Å²) < 4.78 is 0. The number of rotatable bonds is 3. The van der Waals surface area contributed by atoms with E-state index in [4.69, 9.17) is 5.84 Å². The Labute approximate surface area is 255 Å². The molecule has 4 N–H and O–H groups in total. The van der Waals surface area contributed by atoms with E-state index in [-0.39, 0.29) is 65.8 Å². The Kier molecular flexibility index (Phi) is 17.4. The molecule has 0 saturated heterocycles. The van der Waals surface area contributed by atoms with Crippen LogP contribution in [0.15, 0.2) is 109 Å². The fourth-order valence-corrected chi connectivity index (χ4v) is 3.36. The van der Waals surface area contributed by atoms with Gasteiger partial charge in [-0.2, -0.15) is 0 Å². The van der Waals surface area contributed by atoms with Crippen molar-refractivity contribution in [1.29, 1.82) is 0 Å². The van der Waals surface area contributed by atoms with Crippen LogP contribution in [0.25, 0.3) is 22.3 Å². The summed E-state index contributed by atoms with van der Waals surface area (Å²) in [4.78, 5) is 12.9. The molecular weight excluding hydrogens is 514 g/mol. The number of benzene rings is 4. The molecule has 4 aromatic carbocycles. The molecule has 194 valence electrons. The van der Waals surface area contributed by atoms with Gasteiger partial charge in [0.1, 0.15) is 0 Å². The molecule has 0 heterocycles. The molecule has 0 aromatic heterocycles. The Balaban J connectivity index is 0. The van der Waals surface area contributed by atoms with Crippen LogP contribution in [0.4, 0.5) is 0 Å². The van der Waals surface area contributed by atoms with Crippen molar-refractivity contribution in [2.24, 2.45) is 5.84 Å². The van der Waals surface area contributed by atoms with Gasteiger partial charge in [-0.1, -0.05) is 109 Å². The molecule has 1 amide bonds. The number of hydrogen-bond acceptors (Lipinski definition) is 2. The molecule has 0 saturated carbocycles. The van der Waals surface area contributed by atoms with Crippen molar-refractivity contribution in [3.63, 3.8) is 0 Å². The fraction of sp³-hybridized carbons (Fsp3) is 0.167. The van der Waals surface area contributed by atoms with Gasteiger partial charge in [-0.3, -0.25) is 9.80 Å². The third-order valence-corrected chi connectivity index (χ3v) is 5.34. The second-order valence-corrected chi connectivity index (χ2v) is 8.99. The predicted molar refractivity (Wildman–Crippen MR) is 164 cm³/mol. The zero-order chi connectivity index (χ0) is 23.8. The zero-order valence-corrected chi connectivity index (χ0v) is 22.8. The second-order valence-electron chi connectivity index (χ2n) is 8.99. The topological polar surface area (TPSA) is 77.8 Å². The molecule has 4 aromatic rings. The van der Waals surface area contributed by atoms with E-state index in [0.717, 1.165) is 16.7 Å². The van der Waals surface area contributed by atoms with Crippen molar-refractivity contribution in [2.45, 2.75) is 33.2 Å². The summed E-state index contributed by atoms with van der Waals surface area (Å²) >= 11 is 0. The SMILES string of the molecule is CC(C)(C)N(N)C(=O)c1ccccc1-c1ccc(-c2ccccc2)cc1.Cc1ccccc1.Cl.Cl.O.[NaH]. The normalized spacial score (nSPS) is 9.54. The van der Waals surface area contributed by atoms with Crippen molar-refractivity contribution in [3.8, 4) is 22.3 Å². The van der Waals surface area contributed by atoms with E-state index >= 15 is 0 Å². The van der Waals surface area contributed by atoms with Gasteiger partial charge in [-0.15, -0.1) is 24.8 Å². The van der Waals surface area contributed by atoms with Crippen LogP contribution in [0.3, 0.4) is 0 Å². The molecular formula is C30H37Cl2N2NaO2. The Bertz CT molecular complexity index is 1180. The Morgan fingerprint density at radius 2 is 1.05 bits per heavy atom. The second kappa shape index (κ2) is 17.4. The molecule has 0 aliphatic heterocycles. The van der Waals surface area contributed by atoms with Gasteiger partial charge in [-0.25, -0.2) is 5.84 Å². The van der Waals surface area contributed by atoms with E-state index in [1.807, 2.05) is 93.6 Å². The average Bonchev–Trinajstić information content (AvgIpc) is 2.84. The maximum absolute atomic E-state index is 12.9. The molecule has 0 bridgehead atoms. The molecule has 0 unspecified atom stereocenters. The Morgan fingerprint density at radius 3 is 1.51 bits per heavy atom. The van der Waals surface area contributed by atoms with Gasteiger partial charge in [-0.05, 0) is 56.0 Å². The summed E-state index contributed by atoms with van der Waals surface area (Å²) in [5.74, 6) is 5.88. The van der Waals surface area contributed by atoms with Crippen molar-refractivity contribution in [1.82, 2.24) is 5.01 Å². The standard InChI is InChI=1S/C23H24N2O.C7H8.2ClH.Na.H2O.H/c1-23(2,3)25(24)22(26)21-12-8-7-11-20(21)19-15-13-18(14-16-19)17-9-5-4-6-10-17;1-7-5-3-2-4-6-7;;;;;/h4-16H,24H2,1-3H3;2-6H,1H3;2*1H;;1H2;. The first-order valence-corrected chi connectivity index (χ1v) is 11.1. The van der Waals surface area contributed by atoms with Crippen LogP contribution in [0.1, 0.15) is 36.7 Å². The van der Waals surface area contributed by atoms with Crippen LogP contribution in [0.5, 0.6) is 0 Å². The number of halogens is 2. The van der Waals surface area contributed by atoms with Crippen molar-refractivity contribution < 1.29 is 10.3 Å². The summed E-state index contributed by atoms with van der Waals surface area (Å²) in [6.45, 7) is 7.84. The summed E-state index contributed by atoms with van der Waals surface area (Å²) in [6.07, 6.45) is 0. The minimum atomic E-state index is -0.443. The Morgan fingerprint density at radius 1 is 0.649 bits per heavy atom. The van der Waals surface area contributed by atoms with E-state index in [2.05, 4.69) is 43.3 Å². The monoisotopic (exact) mass is 550 g/mol. The number of nitrogens with two attached hydrogens (primary N) is 1. The number of carbonyl (C=O) groups excluding carboxylic acids is 1. The number of hydrazine groups is 1. The summed E-state index contributed by atoms with van der Waals surface area (Å²) in [6, 6.07) is 36.3. The van der Waals surface area contributed by atoms with Gasteiger partial charge in [0.15, 0.2) is 0 Å². The molecule has 4 rings (SSSR count). The first-order chi connectivity index (χ1) is 15.8. The van der Waals surface area contributed by atoms with E-state index < -0.39 is 5.54 Å². The van der Waals surface area contributed by atoms with Gasteiger partial charge < -0.3 is 5.48 Å². The average molecular weight is 552 g/mol. The summed E-state index contributed by atoms with van der Waals surface area (Å²) in [5, 5.41) is 1.30. The quantitative estimate of drug-likeness (QED) is 0.137. The predicted octanol–water partition coefficient (Wildman–Crippen LogP) is 6.50. The number of hydrogen-bond donors (Lipinski definition) is 1. The van der Waals surface area contributed by atoms with E-state index in [0.29, 0.717) is 5.56 Å². The maximum atomic E-state index is 12.9. The van der Waals surface area contributed by atoms with Gasteiger partial charge in [0.05, 0.1) is 5.54 Å². The molecule has 0 atom stereocenters. The van der Waals surface area contributed by atoms with Crippen LogP contribution in [-0.4, -0.2) is 51.5 Å². The molecule has 0 aliphatic carbocycles. The zero-order valence-electron chi connectivity index (χ0n) is 21.1. The van der Waals surface area contributed by atoms with Gasteiger partial charge in [0, 0.05) is 5.56 Å². The molecule has 0 spiro atoms. The first kappa shape index (κ1) is 37.0. The van der Waals surface area contributed by atoms with Crippen LogP contribution in [0.2, 0.25) is 0 Å². The molecule has 0 aliphatic rings. The molecule has 4 nitrogen and oxygen atoms in total. The fourth-order valence-electron chi connectivity index (χ4n) is 3.36. The van der Waals surface area contributed by atoms with E-state index in [9.17, 15) is 4.79 Å². The molecule has 0 radical (unpaired) electrons. The van der Waals surface area contributed by atoms with Crippen molar-refractivity contribution in [3.05, 3.63) is 120 Å².